The molecule has 7 heteroatoms. The molecule has 0 bridgehead atoms. The van der Waals surface area contributed by atoms with Crippen molar-refractivity contribution in [2.75, 3.05) is 31.6 Å². The predicted molar refractivity (Wildman–Crippen MR) is 107 cm³/mol. The quantitative estimate of drug-likeness (QED) is 0.854. The summed E-state index contributed by atoms with van der Waals surface area (Å²) in [6, 6.07) is 9.21. The molecule has 2 heterocycles. The zero-order valence-corrected chi connectivity index (χ0v) is 16.8. The molecular weight excluding hydrogens is 358 g/mol. The molecule has 0 unspecified atom stereocenters. The molecule has 0 saturated carbocycles. The van der Waals surface area contributed by atoms with Gasteiger partial charge in [0.1, 0.15) is 11.5 Å². The van der Waals surface area contributed by atoms with Gasteiger partial charge in [0.25, 0.3) is 5.91 Å². The van der Waals surface area contributed by atoms with Crippen LogP contribution in [0.4, 0.5) is 5.69 Å². The van der Waals surface area contributed by atoms with Gasteiger partial charge in [0.15, 0.2) is 5.76 Å². The average molecular weight is 385 g/mol. The van der Waals surface area contributed by atoms with Crippen molar-refractivity contribution in [3.05, 3.63) is 47.4 Å². The molecule has 3 rings (SSSR count). The van der Waals surface area contributed by atoms with E-state index in [0.29, 0.717) is 25.4 Å². The molecule has 1 aromatic heterocycles. The number of carbonyl (C=O) groups is 2. The lowest BCUT2D eigenvalue weighted by atomic mass is 9.90. The van der Waals surface area contributed by atoms with Gasteiger partial charge in [0.2, 0.25) is 5.91 Å². The zero-order chi connectivity index (χ0) is 20.5. The first kappa shape index (κ1) is 19.9. The van der Waals surface area contributed by atoms with Crippen LogP contribution in [0.3, 0.4) is 0 Å². The van der Waals surface area contributed by atoms with E-state index in [2.05, 4.69) is 4.90 Å². The summed E-state index contributed by atoms with van der Waals surface area (Å²) in [5.74, 6) is 0.973. The highest BCUT2D eigenvalue weighted by molar-refractivity contribution is 5.97. The van der Waals surface area contributed by atoms with Crippen molar-refractivity contribution in [1.82, 2.24) is 4.90 Å². The Labute approximate surface area is 165 Å². The number of piperazine rings is 1. The Kier molecular flexibility index (Phi) is 5.47. The maximum atomic E-state index is 12.8. The SMILES string of the molecule is COc1ccccc1N1CCN(Cc2cc(C(N)=O)oc2C(C)(C)C)CC1=O. The fraction of sp³-hybridized carbons (Fsp3) is 0.429. The molecule has 0 radical (unpaired) electrons. The van der Waals surface area contributed by atoms with Gasteiger partial charge < -0.3 is 19.8 Å². The summed E-state index contributed by atoms with van der Waals surface area (Å²) in [6.45, 7) is 8.11. The Morgan fingerprint density at radius 3 is 2.57 bits per heavy atom. The summed E-state index contributed by atoms with van der Waals surface area (Å²) in [5.41, 5.74) is 6.78. The number of benzene rings is 1. The average Bonchev–Trinajstić information content (AvgIpc) is 3.06. The number of primary amides is 1. The molecule has 1 saturated heterocycles. The third-order valence-electron chi connectivity index (χ3n) is 4.80. The number of nitrogens with two attached hydrogens (primary N) is 1. The number of hydrogen-bond acceptors (Lipinski definition) is 5. The van der Waals surface area contributed by atoms with Crippen LogP contribution in [0.15, 0.2) is 34.7 Å². The molecule has 1 aromatic carbocycles. The second-order valence-corrected chi connectivity index (χ2v) is 8.01. The summed E-state index contributed by atoms with van der Waals surface area (Å²) in [5, 5.41) is 0. The van der Waals surface area contributed by atoms with Crippen molar-refractivity contribution in [1.29, 1.82) is 0 Å². The van der Waals surface area contributed by atoms with Gasteiger partial charge in [-0.25, -0.2) is 0 Å². The van der Waals surface area contributed by atoms with E-state index in [1.54, 1.807) is 18.1 Å². The van der Waals surface area contributed by atoms with Crippen molar-refractivity contribution in [3.8, 4) is 5.75 Å². The van der Waals surface area contributed by atoms with Crippen LogP contribution in [0.25, 0.3) is 0 Å². The highest BCUT2D eigenvalue weighted by Gasteiger charge is 2.30. The number of anilines is 1. The smallest absolute Gasteiger partial charge is 0.284 e. The monoisotopic (exact) mass is 385 g/mol. The third kappa shape index (κ3) is 4.04. The highest BCUT2D eigenvalue weighted by Crippen LogP contribution is 2.32. The molecule has 1 aliphatic heterocycles. The second-order valence-electron chi connectivity index (χ2n) is 8.01. The first-order valence-electron chi connectivity index (χ1n) is 9.29. The number of hydrogen-bond donors (Lipinski definition) is 1. The Morgan fingerprint density at radius 2 is 1.96 bits per heavy atom. The molecule has 150 valence electrons. The fourth-order valence-electron chi connectivity index (χ4n) is 3.51. The molecule has 0 aliphatic carbocycles. The lowest BCUT2D eigenvalue weighted by molar-refractivity contribution is -0.121. The Balaban J connectivity index is 1.77. The summed E-state index contributed by atoms with van der Waals surface area (Å²) < 4.78 is 11.1. The summed E-state index contributed by atoms with van der Waals surface area (Å²) in [4.78, 5) is 28.1. The van der Waals surface area contributed by atoms with E-state index in [-0.39, 0.29) is 23.6 Å². The van der Waals surface area contributed by atoms with E-state index in [0.717, 1.165) is 17.0 Å². The van der Waals surface area contributed by atoms with E-state index in [4.69, 9.17) is 14.9 Å². The molecule has 0 atom stereocenters. The largest absolute Gasteiger partial charge is 0.495 e. The van der Waals surface area contributed by atoms with Crippen molar-refractivity contribution >= 4 is 17.5 Å². The molecule has 7 nitrogen and oxygen atoms in total. The molecule has 2 aromatic rings. The van der Waals surface area contributed by atoms with Crippen LogP contribution >= 0.6 is 0 Å². The minimum Gasteiger partial charge on any atom is -0.495 e. The van der Waals surface area contributed by atoms with E-state index < -0.39 is 5.91 Å². The lowest BCUT2D eigenvalue weighted by Gasteiger charge is -2.35. The zero-order valence-electron chi connectivity index (χ0n) is 16.8. The van der Waals surface area contributed by atoms with Gasteiger partial charge in [-0.1, -0.05) is 32.9 Å². The number of ether oxygens (including phenoxy) is 1. The first-order valence-corrected chi connectivity index (χ1v) is 9.29. The van der Waals surface area contributed by atoms with E-state index in [1.807, 2.05) is 45.0 Å². The Hall–Kier alpha value is -2.80. The Bertz CT molecular complexity index is 882. The summed E-state index contributed by atoms with van der Waals surface area (Å²) >= 11 is 0. The van der Waals surface area contributed by atoms with Crippen LogP contribution in [0.2, 0.25) is 0 Å². The van der Waals surface area contributed by atoms with E-state index in [1.165, 1.54) is 0 Å². The first-order chi connectivity index (χ1) is 13.2. The fourth-order valence-corrected chi connectivity index (χ4v) is 3.51. The van der Waals surface area contributed by atoms with Gasteiger partial charge >= 0.3 is 0 Å². The second kappa shape index (κ2) is 7.67. The summed E-state index contributed by atoms with van der Waals surface area (Å²) in [6.07, 6.45) is 0. The number of methoxy groups -OCH3 is 1. The number of amides is 2. The topological polar surface area (TPSA) is 89.0 Å². The molecule has 1 aliphatic rings. The number of nitrogens with zero attached hydrogens (tertiary/aromatic N) is 2. The minimum absolute atomic E-state index is 0.00618. The van der Waals surface area contributed by atoms with Crippen LogP contribution in [-0.2, 0) is 16.8 Å². The molecular formula is C21H27N3O4. The Morgan fingerprint density at radius 1 is 1.25 bits per heavy atom. The van der Waals surface area contributed by atoms with Crippen LogP contribution in [-0.4, -0.2) is 43.5 Å². The highest BCUT2D eigenvalue weighted by atomic mass is 16.5. The molecule has 2 amide bonds. The lowest BCUT2D eigenvalue weighted by Crippen LogP contribution is -2.50. The van der Waals surface area contributed by atoms with Gasteiger partial charge in [-0.3, -0.25) is 14.5 Å². The predicted octanol–water partition coefficient (Wildman–Crippen LogP) is 2.53. The maximum Gasteiger partial charge on any atom is 0.284 e. The van der Waals surface area contributed by atoms with Crippen molar-refractivity contribution in [3.63, 3.8) is 0 Å². The summed E-state index contributed by atoms with van der Waals surface area (Å²) in [7, 11) is 1.60. The number of rotatable bonds is 5. The standard InChI is InChI=1S/C21H27N3O4/c1-21(2,3)19-14(11-17(28-19)20(22)26)12-23-9-10-24(18(25)13-23)15-7-5-6-8-16(15)27-4/h5-8,11H,9-10,12-13H2,1-4H3,(H2,22,26). The van der Waals surface area contributed by atoms with E-state index >= 15 is 0 Å². The minimum atomic E-state index is -0.589. The molecule has 1 fully saturated rings. The van der Waals surface area contributed by atoms with Gasteiger partial charge in [0.05, 0.1) is 19.3 Å². The van der Waals surface area contributed by atoms with Gasteiger partial charge in [0, 0.05) is 30.6 Å². The third-order valence-corrected chi connectivity index (χ3v) is 4.80. The van der Waals surface area contributed by atoms with Crippen LogP contribution < -0.4 is 15.4 Å². The molecule has 28 heavy (non-hydrogen) atoms. The van der Waals surface area contributed by atoms with Crippen molar-refractivity contribution < 1.29 is 18.7 Å². The number of carbonyl (C=O) groups excluding carboxylic acids is 2. The van der Waals surface area contributed by atoms with Crippen molar-refractivity contribution in [2.24, 2.45) is 5.73 Å². The number of furan rings is 1. The van der Waals surface area contributed by atoms with Gasteiger partial charge in [-0.15, -0.1) is 0 Å². The van der Waals surface area contributed by atoms with Crippen LogP contribution in [0.1, 0.15) is 42.6 Å². The molecule has 0 spiro atoms. The van der Waals surface area contributed by atoms with Gasteiger partial charge in [-0.05, 0) is 18.2 Å². The maximum absolute atomic E-state index is 12.8. The van der Waals surface area contributed by atoms with Gasteiger partial charge in [-0.2, -0.15) is 0 Å². The normalized spacial score (nSPS) is 15.7. The number of para-hydroxylation sites is 2. The van der Waals surface area contributed by atoms with E-state index in [9.17, 15) is 9.59 Å². The van der Waals surface area contributed by atoms with Crippen LogP contribution in [0, 0.1) is 0 Å². The van der Waals surface area contributed by atoms with Crippen LogP contribution in [0.5, 0.6) is 5.75 Å². The van der Waals surface area contributed by atoms with Crippen molar-refractivity contribution in [2.45, 2.75) is 32.7 Å². The molecule has 2 N–H and O–H groups in total.